The zero-order valence-corrected chi connectivity index (χ0v) is 23.0. The van der Waals surface area contributed by atoms with Crippen LogP contribution in [0.2, 0.25) is 0 Å². The number of nitrogens with two attached hydrogens (primary N) is 2. The molecule has 11 nitrogen and oxygen atoms in total. The van der Waals surface area contributed by atoms with Crippen LogP contribution in [-0.4, -0.2) is 76.3 Å². The molecule has 1 aliphatic rings. The van der Waals surface area contributed by atoms with E-state index in [2.05, 4.69) is 20.6 Å². The normalized spacial score (nSPS) is 16.4. The van der Waals surface area contributed by atoms with Gasteiger partial charge in [-0.25, -0.2) is 4.98 Å². The third-order valence-electron chi connectivity index (χ3n) is 7.35. The van der Waals surface area contributed by atoms with Crippen LogP contribution in [0.25, 0.3) is 11.0 Å². The van der Waals surface area contributed by atoms with E-state index in [-0.39, 0.29) is 29.4 Å². The lowest BCUT2D eigenvalue weighted by Gasteiger charge is -2.29. The lowest BCUT2D eigenvalue weighted by atomic mass is 10.0. The number of hydrogen-bond acceptors (Lipinski definition) is 6. The second-order valence-corrected chi connectivity index (χ2v) is 10.1. The molecule has 0 saturated carbocycles. The van der Waals surface area contributed by atoms with Gasteiger partial charge in [0, 0.05) is 20.1 Å². The van der Waals surface area contributed by atoms with Crippen LogP contribution in [0.4, 0.5) is 0 Å². The van der Waals surface area contributed by atoms with E-state index in [4.69, 9.17) is 11.5 Å². The van der Waals surface area contributed by atoms with Gasteiger partial charge in [-0.1, -0.05) is 42.5 Å². The Kier molecular flexibility index (Phi) is 9.49. The standard InChI is InChI=1S/C29H38N8O3/c1-32-22(18-19-10-4-3-5-11-19)28(40)37-17-9-15-24(37)27(39)35-21(13-8-16-33-29(30)31)25(38)26-34-20-12-6-7-14-23(20)36(26)2/h3-7,10-12,14,21-22,24,32H,8-9,13,15-18H2,1-2H3,(H,35,39)(H4,30,31,33)/t21?,22-,24+/m1/s1. The molecule has 0 aliphatic carbocycles. The third kappa shape index (κ3) is 6.66. The van der Waals surface area contributed by atoms with Gasteiger partial charge >= 0.3 is 0 Å². The van der Waals surface area contributed by atoms with E-state index >= 15 is 0 Å². The third-order valence-corrected chi connectivity index (χ3v) is 7.35. The van der Waals surface area contributed by atoms with Crippen LogP contribution in [0, 0.1) is 0 Å². The average Bonchev–Trinajstić information content (AvgIpc) is 3.58. The summed E-state index contributed by atoms with van der Waals surface area (Å²) >= 11 is 0. The first-order chi connectivity index (χ1) is 19.3. The lowest BCUT2D eigenvalue weighted by Crippen LogP contribution is -2.54. The van der Waals surface area contributed by atoms with E-state index in [1.165, 1.54) is 0 Å². The molecule has 0 radical (unpaired) electrons. The van der Waals surface area contributed by atoms with Crippen LogP contribution in [0.15, 0.2) is 59.6 Å². The van der Waals surface area contributed by atoms with Gasteiger partial charge in [0.15, 0.2) is 11.8 Å². The fourth-order valence-electron chi connectivity index (χ4n) is 5.23. The van der Waals surface area contributed by atoms with Crippen molar-refractivity contribution in [2.24, 2.45) is 23.5 Å². The topological polar surface area (TPSA) is 161 Å². The molecule has 1 saturated heterocycles. The number of hydrogen-bond donors (Lipinski definition) is 4. The van der Waals surface area contributed by atoms with Crippen molar-refractivity contribution in [3.05, 3.63) is 66.0 Å². The first kappa shape index (κ1) is 28.8. The summed E-state index contributed by atoms with van der Waals surface area (Å²) in [6, 6.07) is 15.3. The summed E-state index contributed by atoms with van der Waals surface area (Å²) in [7, 11) is 3.53. The van der Waals surface area contributed by atoms with Crippen LogP contribution in [0.1, 0.15) is 41.9 Å². The number of ketones is 1. The summed E-state index contributed by atoms with van der Waals surface area (Å²) in [5.41, 5.74) is 13.4. The Balaban J connectivity index is 1.51. The van der Waals surface area contributed by atoms with Crippen LogP contribution in [-0.2, 0) is 23.1 Å². The van der Waals surface area contributed by atoms with E-state index in [0.29, 0.717) is 50.7 Å². The molecule has 4 rings (SSSR count). The number of Topliss-reactive ketones (excluding diaryl/α,β-unsaturated/α-hetero) is 1. The number of benzene rings is 2. The highest BCUT2D eigenvalue weighted by Gasteiger charge is 2.38. The van der Waals surface area contributed by atoms with E-state index in [1.54, 1.807) is 23.6 Å². The van der Waals surface area contributed by atoms with Gasteiger partial charge in [-0.15, -0.1) is 0 Å². The number of likely N-dealkylation sites (tertiary alicyclic amines) is 1. The predicted octanol–water partition coefficient (Wildman–Crippen LogP) is 1.12. The maximum atomic E-state index is 13.7. The fourth-order valence-corrected chi connectivity index (χ4v) is 5.23. The first-order valence-corrected chi connectivity index (χ1v) is 13.6. The molecule has 11 heteroatoms. The zero-order valence-electron chi connectivity index (χ0n) is 23.0. The molecule has 6 N–H and O–H groups in total. The highest BCUT2D eigenvalue weighted by molar-refractivity contribution is 6.02. The van der Waals surface area contributed by atoms with Crippen LogP contribution in [0.3, 0.4) is 0 Å². The highest BCUT2D eigenvalue weighted by atomic mass is 16.2. The Morgan fingerprint density at radius 1 is 1.07 bits per heavy atom. The number of aliphatic imine (C=N–C) groups is 1. The first-order valence-electron chi connectivity index (χ1n) is 13.6. The number of amides is 2. The number of carbonyl (C=O) groups is 3. The van der Waals surface area contributed by atoms with Gasteiger partial charge in [0.25, 0.3) is 0 Å². The Labute approximate surface area is 234 Å². The van der Waals surface area contributed by atoms with Gasteiger partial charge in [-0.05, 0) is 56.8 Å². The molecule has 2 amide bonds. The lowest BCUT2D eigenvalue weighted by molar-refractivity contribution is -0.140. The minimum absolute atomic E-state index is 0.0306. The number of rotatable bonds is 12. The van der Waals surface area contributed by atoms with Crippen molar-refractivity contribution in [3.8, 4) is 0 Å². The molecule has 1 aliphatic heterocycles. The van der Waals surface area contributed by atoms with Gasteiger partial charge in [0.2, 0.25) is 17.6 Å². The van der Waals surface area contributed by atoms with Gasteiger partial charge in [-0.3, -0.25) is 19.4 Å². The Morgan fingerprint density at radius 3 is 2.50 bits per heavy atom. The van der Waals surface area contributed by atoms with Gasteiger partial charge < -0.3 is 31.6 Å². The number of nitrogens with zero attached hydrogens (tertiary/aromatic N) is 4. The van der Waals surface area contributed by atoms with Gasteiger partial charge in [0.1, 0.15) is 6.04 Å². The molecule has 40 heavy (non-hydrogen) atoms. The number of fused-ring (bicyclic) bond motifs is 1. The molecule has 0 bridgehead atoms. The van der Waals surface area contributed by atoms with Crippen molar-refractivity contribution in [1.29, 1.82) is 0 Å². The van der Waals surface area contributed by atoms with E-state index in [1.807, 2.05) is 54.6 Å². The monoisotopic (exact) mass is 546 g/mol. The second kappa shape index (κ2) is 13.2. The molecule has 2 heterocycles. The molecule has 1 fully saturated rings. The van der Waals surface area contributed by atoms with Gasteiger partial charge in [0.05, 0.1) is 23.1 Å². The predicted molar refractivity (Wildman–Crippen MR) is 155 cm³/mol. The Hall–Kier alpha value is -4.25. The van der Waals surface area contributed by atoms with E-state index < -0.39 is 18.1 Å². The van der Waals surface area contributed by atoms with E-state index in [0.717, 1.165) is 11.1 Å². The Bertz CT molecular complexity index is 1370. The Morgan fingerprint density at radius 2 is 1.80 bits per heavy atom. The number of carbonyl (C=O) groups excluding carboxylic acids is 3. The van der Waals surface area contributed by atoms with Crippen molar-refractivity contribution in [2.75, 3.05) is 20.1 Å². The second-order valence-electron chi connectivity index (χ2n) is 10.1. The molecule has 2 aromatic carbocycles. The van der Waals surface area contributed by atoms with Crippen LogP contribution < -0.4 is 22.1 Å². The average molecular weight is 547 g/mol. The molecule has 3 atom stereocenters. The smallest absolute Gasteiger partial charge is 0.243 e. The summed E-state index contributed by atoms with van der Waals surface area (Å²) in [6.45, 7) is 0.805. The van der Waals surface area contributed by atoms with Crippen molar-refractivity contribution < 1.29 is 14.4 Å². The number of aromatic nitrogens is 2. The largest absolute Gasteiger partial charge is 0.370 e. The minimum atomic E-state index is -0.848. The number of nitrogens with one attached hydrogen (secondary N) is 2. The molecule has 3 aromatic rings. The quantitative estimate of drug-likeness (QED) is 0.115. The van der Waals surface area contributed by atoms with Crippen molar-refractivity contribution in [1.82, 2.24) is 25.1 Å². The number of guanidine groups is 1. The van der Waals surface area contributed by atoms with Crippen LogP contribution >= 0.6 is 0 Å². The summed E-state index contributed by atoms with van der Waals surface area (Å²) in [5, 5.41) is 6.05. The summed E-state index contributed by atoms with van der Waals surface area (Å²) < 4.78 is 1.74. The SMILES string of the molecule is CN[C@H](Cc1ccccc1)C(=O)N1CCC[C@H]1C(=O)NC(CCCN=C(N)N)C(=O)c1nc2ccccc2n1C. The molecule has 1 unspecified atom stereocenters. The minimum Gasteiger partial charge on any atom is -0.370 e. The highest BCUT2D eigenvalue weighted by Crippen LogP contribution is 2.21. The summed E-state index contributed by atoms with van der Waals surface area (Å²) in [4.78, 5) is 51.0. The molecule has 212 valence electrons. The van der Waals surface area contributed by atoms with Crippen molar-refractivity contribution in [3.63, 3.8) is 0 Å². The molecular weight excluding hydrogens is 508 g/mol. The van der Waals surface area contributed by atoms with Crippen LogP contribution in [0.5, 0.6) is 0 Å². The van der Waals surface area contributed by atoms with Crippen molar-refractivity contribution >= 4 is 34.6 Å². The number of para-hydroxylation sites is 2. The number of likely N-dealkylation sites (N-methyl/N-ethyl adjacent to an activating group) is 1. The zero-order chi connectivity index (χ0) is 28.6. The molecular formula is C29H38N8O3. The summed E-state index contributed by atoms with van der Waals surface area (Å²) in [5.74, 6) is -0.554. The van der Waals surface area contributed by atoms with E-state index in [9.17, 15) is 14.4 Å². The maximum Gasteiger partial charge on any atom is 0.243 e. The molecule has 1 aromatic heterocycles. The summed E-state index contributed by atoms with van der Waals surface area (Å²) in [6.07, 6.45) is 2.54. The molecule has 0 spiro atoms. The van der Waals surface area contributed by atoms with Crippen molar-refractivity contribution in [2.45, 2.75) is 50.2 Å². The fraction of sp³-hybridized carbons (Fsp3) is 0.414. The van der Waals surface area contributed by atoms with Gasteiger partial charge in [-0.2, -0.15) is 0 Å². The number of aryl methyl sites for hydroxylation is 1. The maximum absolute atomic E-state index is 13.7. The number of imidazole rings is 1.